The van der Waals surface area contributed by atoms with Crippen LogP contribution >= 0.6 is 0 Å². The van der Waals surface area contributed by atoms with Crippen LogP contribution in [0, 0.1) is 6.92 Å². The molecule has 6 heteroatoms. The van der Waals surface area contributed by atoms with Gasteiger partial charge in [0.2, 0.25) is 0 Å². The summed E-state index contributed by atoms with van der Waals surface area (Å²) in [4.78, 5) is -0.178. The van der Waals surface area contributed by atoms with Crippen molar-refractivity contribution in [2.75, 3.05) is 26.4 Å². The minimum Gasteiger partial charge on any atom is -0.744 e. The Morgan fingerprint density at radius 2 is 1.27 bits per heavy atom. The van der Waals surface area contributed by atoms with Gasteiger partial charge in [-0.1, -0.05) is 57.7 Å². The van der Waals surface area contributed by atoms with E-state index in [1.807, 2.05) is 6.92 Å². The third-order valence-corrected chi connectivity index (χ3v) is 5.42. The maximum atomic E-state index is 10.4. The molecule has 152 valence electrons. The molecule has 0 aliphatic carbocycles. The van der Waals surface area contributed by atoms with E-state index in [0.717, 1.165) is 29.7 Å². The van der Waals surface area contributed by atoms with Crippen LogP contribution in [-0.4, -0.2) is 48.9 Å². The number of rotatable bonds is 11. The molecule has 0 saturated heterocycles. The zero-order valence-electron chi connectivity index (χ0n) is 16.9. The van der Waals surface area contributed by atoms with Gasteiger partial charge in [0, 0.05) is 0 Å². The molecule has 1 rings (SSSR count). The van der Waals surface area contributed by atoms with Crippen LogP contribution in [0.15, 0.2) is 29.2 Å². The van der Waals surface area contributed by atoms with Crippen LogP contribution in [0.1, 0.15) is 64.9 Å². The molecule has 0 heterocycles. The first-order valence-corrected chi connectivity index (χ1v) is 11.1. The Morgan fingerprint density at radius 1 is 0.885 bits per heavy atom. The van der Waals surface area contributed by atoms with E-state index in [0.29, 0.717) is 6.73 Å². The third-order valence-electron chi connectivity index (χ3n) is 4.57. The lowest BCUT2D eigenvalue weighted by Gasteiger charge is -2.37. The SMILES string of the molecule is CCCC[N+](CO)(CCCC)CCCC.Cc1ccc(S(=O)(=O)[O-])cc1. The minimum atomic E-state index is -4.27. The van der Waals surface area contributed by atoms with Crippen LogP contribution in [0.2, 0.25) is 0 Å². The van der Waals surface area contributed by atoms with Gasteiger partial charge in [-0.25, -0.2) is 8.42 Å². The fourth-order valence-corrected chi connectivity index (χ4v) is 3.20. The highest BCUT2D eigenvalue weighted by Crippen LogP contribution is 2.13. The Kier molecular flexibility index (Phi) is 12.8. The van der Waals surface area contributed by atoms with Gasteiger partial charge in [0.05, 0.1) is 24.5 Å². The summed E-state index contributed by atoms with van der Waals surface area (Å²) in [7, 11) is -4.27. The zero-order chi connectivity index (χ0) is 20.1. The van der Waals surface area contributed by atoms with Gasteiger partial charge in [-0.05, 0) is 38.3 Å². The van der Waals surface area contributed by atoms with Gasteiger partial charge < -0.3 is 14.1 Å². The summed E-state index contributed by atoms with van der Waals surface area (Å²) >= 11 is 0. The number of benzene rings is 1. The molecule has 0 aliphatic rings. The predicted octanol–water partition coefficient (Wildman–Crippen LogP) is 4.05. The number of quaternary nitrogens is 1. The molecule has 0 saturated carbocycles. The van der Waals surface area contributed by atoms with Crippen molar-refractivity contribution in [3.05, 3.63) is 29.8 Å². The molecule has 0 radical (unpaired) electrons. The van der Waals surface area contributed by atoms with Crippen LogP contribution in [0.4, 0.5) is 0 Å². The first-order chi connectivity index (χ1) is 12.2. The average molecular weight is 388 g/mol. The summed E-state index contributed by atoms with van der Waals surface area (Å²) in [6.07, 6.45) is 7.44. The molecule has 0 fully saturated rings. The molecule has 0 aliphatic heterocycles. The van der Waals surface area contributed by atoms with E-state index in [9.17, 15) is 18.1 Å². The van der Waals surface area contributed by atoms with Gasteiger partial charge in [0.25, 0.3) is 0 Å². The van der Waals surface area contributed by atoms with Crippen LogP contribution in [0.25, 0.3) is 0 Å². The van der Waals surface area contributed by atoms with Crippen molar-refractivity contribution < 1.29 is 22.6 Å². The predicted molar refractivity (Wildman–Crippen MR) is 106 cm³/mol. The Hall–Kier alpha value is -0.950. The lowest BCUT2D eigenvalue weighted by molar-refractivity contribution is -0.945. The second-order valence-electron chi connectivity index (χ2n) is 6.98. The van der Waals surface area contributed by atoms with Gasteiger partial charge in [-0.15, -0.1) is 0 Å². The summed E-state index contributed by atoms with van der Waals surface area (Å²) in [6, 6.07) is 5.78. The molecule has 5 nitrogen and oxygen atoms in total. The molecule has 0 amide bonds. The van der Waals surface area contributed by atoms with E-state index in [4.69, 9.17) is 0 Å². The lowest BCUT2D eigenvalue weighted by Crippen LogP contribution is -2.50. The first-order valence-electron chi connectivity index (χ1n) is 9.73. The molecule has 26 heavy (non-hydrogen) atoms. The Morgan fingerprint density at radius 3 is 1.54 bits per heavy atom. The highest BCUT2D eigenvalue weighted by Gasteiger charge is 2.24. The van der Waals surface area contributed by atoms with Crippen molar-refractivity contribution in [3.63, 3.8) is 0 Å². The average Bonchev–Trinajstić information content (AvgIpc) is 2.62. The zero-order valence-corrected chi connectivity index (χ0v) is 17.7. The highest BCUT2D eigenvalue weighted by atomic mass is 32.2. The summed E-state index contributed by atoms with van der Waals surface area (Å²) in [5.74, 6) is 0. The van der Waals surface area contributed by atoms with Crippen LogP contribution in [-0.2, 0) is 10.1 Å². The second kappa shape index (κ2) is 13.3. The lowest BCUT2D eigenvalue weighted by atomic mass is 10.2. The van der Waals surface area contributed by atoms with Gasteiger partial charge in [0.15, 0.2) is 6.73 Å². The maximum absolute atomic E-state index is 10.4. The van der Waals surface area contributed by atoms with Crippen molar-refractivity contribution in [2.24, 2.45) is 0 Å². The van der Waals surface area contributed by atoms with E-state index in [2.05, 4.69) is 20.8 Å². The number of aliphatic hydroxyl groups excluding tert-OH is 1. The number of hydrogen-bond donors (Lipinski definition) is 1. The van der Waals surface area contributed by atoms with E-state index in [1.165, 1.54) is 50.7 Å². The summed E-state index contributed by atoms with van der Waals surface area (Å²) < 4.78 is 32.1. The maximum Gasteiger partial charge on any atom is 0.180 e. The summed E-state index contributed by atoms with van der Waals surface area (Å²) in [5, 5.41) is 9.63. The molecule has 1 N–H and O–H groups in total. The molecule has 0 spiro atoms. The largest absolute Gasteiger partial charge is 0.744 e. The van der Waals surface area contributed by atoms with Gasteiger partial charge in [0.1, 0.15) is 10.1 Å². The smallest absolute Gasteiger partial charge is 0.180 e. The molecule has 0 unspecified atom stereocenters. The third kappa shape index (κ3) is 10.3. The number of hydrogen-bond acceptors (Lipinski definition) is 4. The van der Waals surface area contributed by atoms with Crippen LogP contribution < -0.4 is 0 Å². The standard InChI is InChI=1S/C13H30NO.C7H8O3S/c1-4-7-10-14(13-15,11-8-5-2)12-9-6-3;1-6-2-4-7(5-3-6)11(8,9)10/h15H,4-13H2,1-3H3;2-5H,1H3,(H,8,9,10)/q+1;/p-1. The Bertz CT molecular complexity index is 548. The van der Waals surface area contributed by atoms with Crippen LogP contribution in [0.3, 0.4) is 0 Å². The summed E-state index contributed by atoms with van der Waals surface area (Å²) in [6.45, 7) is 12.3. The fourth-order valence-electron chi connectivity index (χ4n) is 2.73. The fraction of sp³-hybridized carbons (Fsp3) is 0.700. The minimum absolute atomic E-state index is 0.178. The Balaban J connectivity index is 0.000000502. The van der Waals surface area contributed by atoms with Crippen molar-refractivity contribution >= 4 is 10.1 Å². The van der Waals surface area contributed by atoms with Crippen molar-refractivity contribution in [2.45, 2.75) is 71.1 Å². The molecule has 1 aromatic rings. The number of aliphatic hydroxyl groups is 1. The van der Waals surface area contributed by atoms with E-state index >= 15 is 0 Å². The van der Waals surface area contributed by atoms with Gasteiger partial charge >= 0.3 is 0 Å². The number of aryl methyl sites for hydroxylation is 1. The topological polar surface area (TPSA) is 77.4 Å². The molecule has 0 bridgehead atoms. The van der Waals surface area contributed by atoms with Crippen molar-refractivity contribution in [3.8, 4) is 0 Å². The van der Waals surface area contributed by atoms with Crippen molar-refractivity contribution in [1.29, 1.82) is 0 Å². The van der Waals surface area contributed by atoms with E-state index in [-0.39, 0.29) is 4.90 Å². The highest BCUT2D eigenvalue weighted by molar-refractivity contribution is 7.85. The molecule has 0 atom stereocenters. The molecular weight excluding hydrogens is 350 g/mol. The molecular formula is C20H37NO4S. The van der Waals surface area contributed by atoms with E-state index in [1.54, 1.807) is 12.1 Å². The number of nitrogens with zero attached hydrogens (tertiary/aromatic N) is 1. The van der Waals surface area contributed by atoms with Crippen LogP contribution in [0.5, 0.6) is 0 Å². The second-order valence-corrected chi connectivity index (χ2v) is 8.36. The molecule has 0 aromatic heterocycles. The quantitative estimate of drug-likeness (QED) is 0.353. The monoisotopic (exact) mass is 387 g/mol. The van der Waals surface area contributed by atoms with Gasteiger partial charge in [-0.2, -0.15) is 0 Å². The van der Waals surface area contributed by atoms with E-state index < -0.39 is 10.1 Å². The first kappa shape index (κ1) is 25.1. The van der Waals surface area contributed by atoms with Crippen molar-refractivity contribution in [1.82, 2.24) is 0 Å². The van der Waals surface area contributed by atoms with Gasteiger partial charge in [-0.3, -0.25) is 0 Å². The molecule has 1 aromatic carbocycles. The normalized spacial score (nSPS) is 11.8. The Labute approximate surface area is 160 Å². The summed E-state index contributed by atoms with van der Waals surface area (Å²) in [5.41, 5.74) is 0.928. The number of unbranched alkanes of at least 4 members (excludes halogenated alkanes) is 3.